The van der Waals surface area contributed by atoms with Crippen LogP contribution in [0.3, 0.4) is 0 Å². The van der Waals surface area contributed by atoms with Crippen molar-refractivity contribution in [2.45, 2.75) is 114 Å². The molecule has 1 aliphatic rings. The molecule has 5 N–H and O–H groups in total. The number of aryl methyl sites for hydroxylation is 2. The van der Waals surface area contributed by atoms with Gasteiger partial charge >= 0.3 is 18.0 Å². The lowest BCUT2D eigenvalue weighted by atomic mass is 9.92. The summed E-state index contributed by atoms with van der Waals surface area (Å²) in [5.74, 6) is -1.14. The van der Waals surface area contributed by atoms with Crippen molar-refractivity contribution < 1.29 is 41.1 Å². The minimum absolute atomic E-state index is 0.111. The summed E-state index contributed by atoms with van der Waals surface area (Å²) in [7, 11) is -4.11. The van der Waals surface area contributed by atoms with Crippen molar-refractivity contribution in [3.63, 3.8) is 0 Å². The number of urea groups is 2. The lowest BCUT2D eigenvalue weighted by molar-refractivity contribution is 0.0639. The van der Waals surface area contributed by atoms with Crippen LogP contribution in [0.15, 0.2) is 58.6 Å². The first-order valence-corrected chi connectivity index (χ1v) is 22.8. The molecular formula is C41H57N9O9S2. The van der Waals surface area contributed by atoms with E-state index in [2.05, 4.69) is 20.8 Å². The number of carboxylic acids is 1. The van der Waals surface area contributed by atoms with Crippen molar-refractivity contribution in [2.75, 3.05) is 17.7 Å². The number of hydrogen-bond donors (Lipinski definition) is 5. The zero-order valence-corrected chi connectivity index (χ0v) is 38.0. The molecule has 2 aromatic heterocycles. The summed E-state index contributed by atoms with van der Waals surface area (Å²) < 4.78 is 56.6. The molecule has 5 rings (SSSR count). The average molecular weight is 884 g/mol. The molecule has 20 heteroatoms. The standard InChI is InChI=1S/C23H33N5O4S.C18H24N4O5S/c1-14(2)17-11-8-12-18(15(3)4)21(17)24-23(30)26-33(31,32)20-13-19(28(6)25-20)22(29)27(5)16-9-7-10-16;1-10(2)12-7-6-8-13(11(3)4)16(12)19-18(25)21-28(26,27)15-9-14(17(23)24)22(5)20-15/h8,11-16H,7,9-10H2,1-6H3,(H2,24,26,30);6-11H,1-5H3,(H,23,24)(H2,19,21,25). The summed E-state index contributed by atoms with van der Waals surface area (Å²) in [5, 5.41) is 21.1. The SMILES string of the molecule is CC(C)c1cccc(C(C)C)c1NC(=O)NS(=O)(=O)c1cc(C(=O)N(C)C2CCC2)n(C)n1.CC(C)c1cccc(C(C)C)c1NC(=O)NS(=O)(=O)c1cc(C(=O)O)n(C)n1. The molecule has 0 aliphatic heterocycles. The van der Waals surface area contributed by atoms with E-state index in [-0.39, 0.29) is 52.0 Å². The number of rotatable bonds is 13. The molecule has 2 aromatic carbocycles. The number of carbonyl (C=O) groups excluding carboxylic acids is 3. The fraction of sp³-hybridized carbons (Fsp3) is 0.463. The largest absolute Gasteiger partial charge is 0.477 e. The van der Waals surface area contributed by atoms with Gasteiger partial charge in [-0.15, -0.1) is 0 Å². The molecule has 1 aliphatic carbocycles. The van der Waals surface area contributed by atoms with Crippen LogP contribution in [0, 0.1) is 0 Å². The lowest BCUT2D eigenvalue weighted by Crippen LogP contribution is -2.41. The number of benzene rings is 2. The maximum atomic E-state index is 12.9. The predicted octanol–water partition coefficient (Wildman–Crippen LogP) is 6.68. The van der Waals surface area contributed by atoms with Crippen LogP contribution in [0.25, 0.3) is 0 Å². The number of aromatic nitrogens is 4. The van der Waals surface area contributed by atoms with Gasteiger partial charge in [0.1, 0.15) is 11.4 Å². The van der Waals surface area contributed by atoms with Gasteiger partial charge in [-0.1, -0.05) is 91.8 Å². The molecule has 5 amide bonds. The Balaban J connectivity index is 0.000000272. The van der Waals surface area contributed by atoms with Crippen LogP contribution in [0.5, 0.6) is 0 Å². The average Bonchev–Trinajstić information content (AvgIpc) is 3.73. The Kier molecular flexibility index (Phi) is 15.2. The predicted molar refractivity (Wildman–Crippen MR) is 231 cm³/mol. The van der Waals surface area contributed by atoms with E-state index in [1.54, 1.807) is 11.9 Å². The van der Waals surface area contributed by atoms with E-state index in [1.165, 1.54) is 24.8 Å². The molecule has 0 spiro atoms. The molecule has 18 nitrogen and oxygen atoms in total. The molecule has 0 saturated heterocycles. The number of carbonyl (C=O) groups is 4. The smallest absolute Gasteiger partial charge is 0.354 e. The highest BCUT2D eigenvalue weighted by atomic mass is 32.2. The molecule has 1 saturated carbocycles. The van der Waals surface area contributed by atoms with Crippen LogP contribution in [-0.4, -0.2) is 83.4 Å². The lowest BCUT2D eigenvalue weighted by Gasteiger charge is -2.34. The number of para-hydroxylation sites is 2. The van der Waals surface area contributed by atoms with Gasteiger partial charge in [0.15, 0.2) is 10.1 Å². The molecule has 1 fully saturated rings. The van der Waals surface area contributed by atoms with Gasteiger partial charge in [-0.3, -0.25) is 14.2 Å². The van der Waals surface area contributed by atoms with E-state index < -0.39 is 43.1 Å². The number of hydrogen-bond acceptors (Lipinski definition) is 10. The zero-order valence-electron chi connectivity index (χ0n) is 36.4. The third-order valence-electron chi connectivity index (χ3n) is 10.3. The van der Waals surface area contributed by atoms with Crippen LogP contribution < -0.4 is 20.1 Å². The minimum atomic E-state index is -4.34. The van der Waals surface area contributed by atoms with Crippen molar-refractivity contribution >= 4 is 55.4 Å². The molecule has 332 valence electrons. The second-order valence-electron chi connectivity index (χ2n) is 16.1. The van der Waals surface area contributed by atoms with E-state index in [1.807, 2.05) is 101 Å². The third-order valence-corrected chi connectivity index (χ3v) is 12.7. The van der Waals surface area contributed by atoms with Crippen LogP contribution in [0.1, 0.15) is 142 Å². The highest BCUT2D eigenvalue weighted by Gasteiger charge is 2.31. The van der Waals surface area contributed by atoms with E-state index in [4.69, 9.17) is 5.11 Å². The van der Waals surface area contributed by atoms with Crippen molar-refractivity contribution in [1.29, 1.82) is 0 Å². The Bertz CT molecular complexity index is 2450. The highest BCUT2D eigenvalue weighted by molar-refractivity contribution is 7.90. The first-order chi connectivity index (χ1) is 28.4. The Labute approximate surface area is 357 Å². The van der Waals surface area contributed by atoms with Crippen LogP contribution in [0.2, 0.25) is 0 Å². The first kappa shape index (κ1) is 47.9. The first-order valence-electron chi connectivity index (χ1n) is 19.9. The summed E-state index contributed by atoms with van der Waals surface area (Å²) in [6.07, 6.45) is 2.94. The third kappa shape index (κ3) is 11.3. The monoisotopic (exact) mass is 883 g/mol. The summed E-state index contributed by atoms with van der Waals surface area (Å²) in [6.45, 7) is 15.9. The Morgan fingerprint density at radius 1 is 0.656 bits per heavy atom. The van der Waals surface area contributed by atoms with E-state index in [0.29, 0.717) is 11.4 Å². The Morgan fingerprint density at radius 2 is 1.00 bits per heavy atom. The number of nitrogens with one attached hydrogen (secondary N) is 4. The van der Waals surface area contributed by atoms with Crippen molar-refractivity contribution in [3.05, 3.63) is 82.2 Å². The molecule has 0 atom stereocenters. The number of nitrogens with zero attached hydrogens (tertiary/aromatic N) is 5. The number of anilines is 2. The Morgan fingerprint density at radius 3 is 1.30 bits per heavy atom. The second-order valence-corrected chi connectivity index (χ2v) is 19.4. The molecule has 0 radical (unpaired) electrons. The van der Waals surface area contributed by atoms with Gasteiger partial charge in [0.25, 0.3) is 26.0 Å². The van der Waals surface area contributed by atoms with Gasteiger partial charge in [-0.25, -0.2) is 23.8 Å². The molecular weight excluding hydrogens is 827 g/mol. The van der Waals surface area contributed by atoms with Gasteiger partial charge in [0.2, 0.25) is 0 Å². The topological polar surface area (TPSA) is 244 Å². The van der Waals surface area contributed by atoms with Crippen LogP contribution >= 0.6 is 0 Å². The Hall–Kier alpha value is -5.76. The van der Waals surface area contributed by atoms with Crippen LogP contribution in [0.4, 0.5) is 21.0 Å². The number of amides is 5. The summed E-state index contributed by atoms with van der Waals surface area (Å²) in [5.41, 5.74) is 4.60. The maximum Gasteiger partial charge on any atom is 0.354 e. The normalized spacial score (nSPS) is 13.1. The maximum absolute atomic E-state index is 12.9. The summed E-state index contributed by atoms with van der Waals surface area (Å²) in [4.78, 5) is 50.6. The molecule has 4 aromatic rings. The number of aromatic carboxylic acids is 1. The van der Waals surface area contributed by atoms with Gasteiger partial charge in [-0.2, -0.15) is 27.0 Å². The second kappa shape index (κ2) is 19.3. The summed E-state index contributed by atoms with van der Waals surface area (Å²) >= 11 is 0. The number of carboxylic acid groups (broad SMARTS) is 1. The zero-order chi connectivity index (χ0) is 45.7. The van der Waals surface area contributed by atoms with E-state index in [0.717, 1.165) is 52.3 Å². The minimum Gasteiger partial charge on any atom is -0.477 e. The number of sulfonamides is 2. The molecule has 0 unspecified atom stereocenters. The molecule has 0 bridgehead atoms. The van der Waals surface area contributed by atoms with Gasteiger partial charge in [-0.05, 0) is 65.2 Å². The van der Waals surface area contributed by atoms with E-state index >= 15 is 0 Å². The van der Waals surface area contributed by atoms with Gasteiger partial charge in [0.05, 0.1) is 0 Å². The molecule has 61 heavy (non-hydrogen) atoms. The van der Waals surface area contributed by atoms with Crippen molar-refractivity contribution in [1.82, 2.24) is 33.9 Å². The van der Waals surface area contributed by atoms with Crippen LogP contribution in [-0.2, 0) is 34.1 Å². The van der Waals surface area contributed by atoms with E-state index in [9.17, 15) is 36.0 Å². The molecule has 2 heterocycles. The highest BCUT2D eigenvalue weighted by Crippen LogP contribution is 2.34. The fourth-order valence-electron chi connectivity index (χ4n) is 6.68. The van der Waals surface area contributed by atoms with Gasteiger partial charge in [0, 0.05) is 50.7 Å². The summed E-state index contributed by atoms with van der Waals surface area (Å²) in [6, 6.07) is 11.8. The van der Waals surface area contributed by atoms with Gasteiger partial charge < -0.3 is 20.6 Å². The quantitative estimate of drug-likeness (QED) is 0.0949. The van der Waals surface area contributed by atoms with Crippen molar-refractivity contribution in [2.24, 2.45) is 14.1 Å². The van der Waals surface area contributed by atoms with Crippen molar-refractivity contribution in [3.8, 4) is 0 Å². The fourth-order valence-corrected chi connectivity index (χ4v) is 8.48.